The summed E-state index contributed by atoms with van der Waals surface area (Å²) in [4.78, 5) is 7.20. The molecule has 0 aromatic heterocycles. The molecule has 0 aromatic carbocycles. The summed E-state index contributed by atoms with van der Waals surface area (Å²) in [5.74, 6) is 1.89. The number of nitrogens with one attached hydrogen (secondary N) is 2. The second-order valence-electron chi connectivity index (χ2n) is 6.06. The van der Waals surface area contributed by atoms with Gasteiger partial charge in [0.2, 0.25) is 0 Å². The lowest BCUT2D eigenvalue weighted by Crippen LogP contribution is -2.39. The molecule has 4 nitrogen and oxygen atoms in total. The van der Waals surface area contributed by atoms with Crippen LogP contribution in [0.15, 0.2) is 4.99 Å². The number of halogens is 1. The first-order valence-electron chi connectivity index (χ1n) is 9.04. The average Bonchev–Trinajstić information content (AvgIpc) is 2.52. The fourth-order valence-corrected chi connectivity index (χ4v) is 2.88. The zero-order valence-electron chi connectivity index (χ0n) is 14.9. The van der Waals surface area contributed by atoms with E-state index in [1.54, 1.807) is 0 Å². The van der Waals surface area contributed by atoms with Crippen LogP contribution in [0.4, 0.5) is 0 Å². The smallest absolute Gasteiger partial charge is 0.191 e. The molecule has 5 heteroatoms. The van der Waals surface area contributed by atoms with Gasteiger partial charge in [-0.1, -0.05) is 26.7 Å². The van der Waals surface area contributed by atoms with E-state index < -0.39 is 0 Å². The fraction of sp³-hybridized carbons (Fsp3) is 0.941. The fourth-order valence-electron chi connectivity index (χ4n) is 2.88. The van der Waals surface area contributed by atoms with Crippen LogP contribution in [0.5, 0.6) is 0 Å². The van der Waals surface area contributed by atoms with E-state index in [0.717, 1.165) is 31.5 Å². The highest BCUT2D eigenvalue weighted by Crippen LogP contribution is 2.19. The van der Waals surface area contributed by atoms with Crippen molar-refractivity contribution in [1.82, 2.24) is 15.5 Å². The van der Waals surface area contributed by atoms with Gasteiger partial charge in [0.1, 0.15) is 0 Å². The SMILES string of the molecule is CCCCCN=C(NCC)NCCC1CCN(CC)CC1.I. The van der Waals surface area contributed by atoms with E-state index in [4.69, 9.17) is 0 Å². The van der Waals surface area contributed by atoms with Crippen molar-refractivity contribution in [1.29, 1.82) is 0 Å². The predicted octanol–water partition coefficient (Wildman–Crippen LogP) is 3.47. The van der Waals surface area contributed by atoms with Gasteiger partial charge in [0.05, 0.1) is 0 Å². The Hall–Kier alpha value is -0.0400. The van der Waals surface area contributed by atoms with Gasteiger partial charge in [-0.2, -0.15) is 0 Å². The van der Waals surface area contributed by atoms with E-state index >= 15 is 0 Å². The van der Waals surface area contributed by atoms with Gasteiger partial charge in [0, 0.05) is 19.6 Å². The van der Waals surface area contributed by atoms with Crippen LogP contribution in [0.3, 0.4) is 0 Å². The first-order chi connectivity index (χ1) is 10.3. The second kappa shape index (κ2) is 14.5. The third-order valence-corrected chi connectivity index (χ3v) is 4.38. The molecule has 0 radical (unpaired) electrons. The van der Waals surface area contributed by atoms with Crippen LogP contribution in [0.1, 0.15) is 59.3 Å². The number of aliphatic imine (C=N–C) groups is 1. The number of nitrogens with zero attached hydrogens (tertiary/aromatic N) is 2. The van der Waals surface area contributed by atoms with Crippen molar-refractivity contribution in [3.05, 3.63) is 0 Å². The molecule has 0 spiro atoms. The standard InChI is InChI=1S/C17H36N4.HI/c1-4-7-8-12-19-17(18-5-2)20-13-9-16-10-14-21(6-3)15-11-16;/h16H,4-15H2,1-3H3,(H2,18,19,20);1H. The minimum atomic E-state index is 0. The molecule has 0 amide bonds. The maximum absolute atomic E-state index is 4.65. The van der Waals surface area contributed by atoms with Gasteiger partial charge in [-0.3, -0.25) is 4.99 Å². The summed E-state index contributed by atoms with van der Waals surface area (Å²) in [5, 5.41) is 6.84. The highest BCUT2D eigenvalue weighted by Gasteiger charge is 2.17. The van der Waals surface area contributed by atoms with Gasteiger partial charge in [0.25, 0.3) is 0 Å². The molecule has 0 unspecified atom stereocenters. The van der Waals surface area contributed by atoms with Crippen molar-refractivity contribution in [2.75, 3.05) is 39.3 Å². The van der Waals surface area contributed by atoms with Gasteiger partial charge in [-0.15, -0.1) is 24.0 Å². The summed E-state index contributed by atoms with van der Waals surface area (Å²) in [5.41, 5.74) is 0. The molecule has 1 fully saturated rings. The van der Waals surface area contributed by atoms with Gasteiger partial charge in [-0.05, 0) is 58.2 Å². The third-order valence-electron chi connectivity index (χ3n) is 4.38. The third kappa shape index (κ3) is 9.87. The minimum absolute atomic E-state index is 0. The topological polar surface area (TPSA) is 39.7 Å². The summed E-state index contributed by atoms with van der Waals surface area (Å²) in [6.45, 7) is 13.3. The van der Waals surface area contributed by atoms with E-state index in [-0.39, 0.29) is 24.0 Å². The molecule has 1 heterocycles. The summed E-state index contributed by atoms with van der Waals surface area (Å²) < 4.78 is 0. The van der Waals surface area contributed by atoms with Crippen molar-refractivity contribution in [3.63, 3.8) is 0 Å². The Kier molecular flexibility index (Phi) is 14.5. The molecule has 1 aliphatic heterocycles. The van der Waals surface area contributed by atoms with E-state index in [1.165, 1.54) is 58.2 Å². The number of likely N-dealkylation sites (tertiary alicyclic amines) is 1. The van der Waals surface area contributed by atoms with Crippen molar-refractivity contribution in [2.45, 2.75) is 59.3 Å². The Bertz CT molecular complexity index is 276. The molecular formula is C17H37IN4. The molecule has 0 aromatic rings. The summed E-state index contributed by atoms with van der Waals surface area (Å²) in [7, 11) is 0. The van der Waals surface area contributed by atoms with E-state index in [1.807, 2.05) is 0 Å². The van der Waals surface area contributed by atoms with Crippen LogP contribution < -0.4 is 10.6 Å². The van der Waals surface area contributed by atoms with Crippen molar-refractivity contribution < 1.29 is 0 Å². The highest BCUT2D eigenvalue weighted by molar-refractivity contribution is 14.0. The van der Waals surface area contributed by atoms with Crippen molar-refractivity contribution in [2.24, 2.45) is 10.9 Å². The quantitative estimate of drug-likeness (QED) is 0.258. The zero-order valence-corrected chi connectivity index (χ0v) is 17.2. The largest absolute Gasteiger partial charge is 0.357 e. The number of guanidine groups is 1. The molecule has 0 saturated carbocycles. The molecule has 1 aliphatic rings. The molecule has 2 N–H and O–H groups in total. The maximum atomic E-state index is 4.65. The number of piperidine rings is 1. The number of hydrogen-bond donors (Lipinski definition) is 2. The Labute approximate surface area is 154 Å². The first kappa shape index (κ1) is 22.0. The lowest BCUT2D eigenvalue weighted by molar-refractivity contribution is 0.187. The predicted molar refractivity (Wildman–Crippen MR) is 108 cm³/mol. The Balaban J connectivity index is 0.00000441. The molecule has 1 saturated heterocycles. The number of rotatable bonds is 9. The van der Waals surface area contributed by atoms with Crippen LogP contribution in [0.25, 0.3) is 0 Å². The van der Waals surface area contributed by atoms with Crippen LogP contribution in [0, 0.1) is 5.92 Å². The van der Waals surface area contributed by atoms with Gasteiger partial charge < -0.3 is 15.5 Å². The Morgan fingerprint density at radius 2 is 1.82 bits per heavy atom. The van der Waals surface area contributed by atoms with Gasteiger partial charge in [0.15, 0.2) is 5.96 Å². The van der Waals surface area contributed by atoms with Gasteiger partial charge >= 0.3 is 0 Å². The van der Waals surface area contributed by atoms with Crippen LogP contribution in [-0.4, -0.2) is 50.1 Å². The summed E-state index contributed by atoms with van der Waals surface area (Å²) in [6.07, 6.45) is 7.73. The van der Waals surface area contributed by atoms with E-state index in [0.29, 0.717) is 0 Å². The van der Waals surface area contributed by atoms with Crippen molar-refractivity contribution in [3.8, 4) is 0 Å². The lowest BCUT2D eigenvalue weighted by atomic mass is 9.93. The van der Waals surface area contributed by atoms with Gasteiger partial charge in [-0.25, -0.2) is 0 Å². The zero-order chi connectivity index (χ0) is 15.3. The minimum Gasteiger partial charge on any atom is -0.357 e. The molecule has 0 atom stereocenters. The number of hydrogen-bond acceptors (Lipinski definition) is 2. The molecule has 132 valence electrons. The first-order valence-corrected chi connectivity index (χ1v) is 9.04. The van der Waals surface area contributed by atoms with E-state index in [2.05, 4.69) is 41.3 Å². The summed E-state index contributed by atoms with van der Waals surface area (Å²) >= 11 is 0. The molecular weight excluding hydrogens is 387 g/mol. The van der Waals surface area contributed by atoms with Crippen LogP contribution >= 0.6 is 24.0 Å². The number of unbranched alkanes of at least 4 members (excludes halogenated alkanes) is 2. The van der Waals surface area contributed by atoms with Crippen LogP contribution in [-0.2, 0) is 0 Å². The summed E-state index contributed by atoms with van der Waals surface area (Å²) in [6, 6.07) is 0. The average molecular weight is 424 g/mol. The molecule has 1 rings (SSSR count). The Morgan fingerprint density at radius 3 is 2.41 bits per heavy atom. The Morgan fingerprint density at radius 1 is 1.09 bits per heavy atom. The maximum Gasteiger partial charge on any atom is 0.191 e. The monoisotopic (exact) mass is 424 g/mol. The highest BCUT2D eigenvalue weighted by atomic mass is 127. The second-order valence-corrected chi connectivity index (χ2v) is 6.06. The van der Waals surface area contributed by atoms with Crippen molar-refractivity contribution >= 4 is 29.9 Å². The molecule has 0 aliphatic carbocycles. The molecule has 22 heavy (non-hydrogen) atoms. The van der Waals surface area contributed by atoms with Crippen LogP contribution in [0.2, 0.25) is 0 Å². The van der Waals surface area contributed by atoms with E-state index in [9.17, 15) is 0 Å². The normalized spacial score (nSPS) is 17.1. The lowest BCUT2D eigenvalue weighted by Gasteiger charge is -2.31. The molecule has 0 bridgehead atoms.